The summed E-state index contributed by atoms with van der Waals surface area (Å²) >= 11 is 0. The third-order valence-corrected chi connectivity index (χ3v) is 6.00. The molecule has 1 rings (SSSR count). The molecule has 0 unspecified atom stereocenters. The Balaban J connectivity index is 1.64. The van der Waals surface area contributed by atoms with E-state index in [4.69, 9.17) is 14.2 Å². The van der Waals surface area contributed by atoms with Crippen LogP contribution < -0.4 is 0 Å². The normalized spacial score (nSPS) is 11.3. The first kappa shape index (κ1) is 29.1. The first-order chi connectivity index (χ1) is 15.9. The van der Waals surface area contributed by atoms with Gasteiger partial charge in [0.05, 0.1) is 33.0 Å². The lowest BCUT2D eigenvalue weighted by molar-refractivity contribution is 0.0100. The van der Waals surface area contributed by atoms with Gasteiger partial charge in [-0.05, 0) is 12.0 Å². The van der Waals surface area contributed by atoms with Gasteiger partial charge >= 0.3 is 0 Å². The molecule has 0 aliphatic heterocycles. The van der Waals surface area contributed by atoms with Crippen LogP contribution in [0.1, 0.15) is 115 Å². The van der Waals surface area contributed by atoms with Crippen molar-refractivity contribution in [2.24, 2.45) is 0 Å². The predicted octanol–water partition coefficient (Wildman–Crippen LogP) is 8.50. The van der Waals surface area contributed by atoms with Crippen LogP contribution in [0.2, 0.25) is 0 Å². The summed E-state index contributed by atoms with van der Waals surface area (Å²) in [5.41, 5.74) is 1.20. The van der Waals surface area contributed by atoms with Crippen LogP contribution in [0.15, 0.2) is 30.3 Å². The summed E-state index contributed by atoms with van der Waals surface area (Å²) < 4.78 is 16.8. The Labute approximate surface area is 199 Å². The Morgan fingerprint density at radius 2 is 0.844 bits per heavy atom. The van der Waals surface area contributed by atoms with Crippen molar-refractivity contribution in [2.45, 2.75) is 116 Å². The van der Waals surface area contributed by atoms with Gasteiger partial charge in [0.2, 0.25) is 0 Å². The Morgan fingerprint density at radius 3 is 1.34 bits per heavy atom. The minimum atomic E-state index is 0.633. The summed E-state index contributed by atoms with van der Waals surface area (Å²) in [6.07, 6.45) is 22.5. The average molecular weight is 449 g/mol. The minimum Gasteiger partial charge on any atom is -0.379 e. The zero-order valence-electron chi connectivity index (χ0n) is 21.2. The summed E-state index contributed by atoms with van der Waals surface area (Å²) in [7, 11) is 0. The number of hydrogen-bond donors (Lipinski definition) is 0. The fourth-order valence-electron chi connectivity index (χ4n) is 3.96. The number of ether oxygens (including phenoxy) is 3. The molecule has 3 heteroatoms. The van der Waals surface area contributed by atoms with E-state index in [1.54, 1.807) is 0 Å². The summed E-state index contributed by atoms with van der Waals surface area (Å²) in [6.45, 7) is 6.43. The molecule has 186 valence electrons. The topological polar surface area (TPSA) is 27.7 Å². The highest BCUT2D eigenvalue weighted by Crippen LogP contribution is 2.13. The molecule has 0 heterocycles. The molecule has 0 amide bonds. The molecule has 0 aliphatic carbocycles. The monoisotopic (exact) mass is 448 g/mol. The number of hydrogen-bond acceptors (Lipinski definition) is 3. The molecular weight excluding hydrogens is 396 g/mol. The molecule has 1 aromatic carbocycles. The van der Waals surface area contributed by atoms with Crippen molar-refractivity contribution in [1.82, 2.24) is 0 Å². The van der Waals surface area contributed by atoms with Gasteiger partial charge in [0, 0.05) is 6.61 Å². The van der Waals surface area contributed by atoms with Crippen LogP contribution in [-0.2, 0) is 20.8 Å². The summed E-state index contributed by atoms with van der Waals surface area (Å²) in [4.78, 5) is 0. The van der Waals surface area contributed by atoms with Crippen molar-refractivity contribution in [3.05, 3.63) is 35.9 Å². The average Bonchev–Trinajstić information content (AvgIpc) is 2.82. The highest BCUT2D eigenvalue weighted by molar-refractivity contribution is 5.13. The molecule has 32 heavy (non-hydrogen) atoms. The van der Waals surface area contributed by atoms with Gasteiger partial charge < -0.3 is 14.2 Å². The smallest absolute Gasteiger partial charge is 0.0718 e. The predicted molar refractivity (Wildman–Crippen MR) is 137 cm³/mol. The molecular formula is C29H52O3. The lowest BCUT2D eigenvalue weighted by Crippen LogP contribution is -2.09. The second-order valence-corrected chi connectivity index (χ2v) is 9.07. The third kappa shape index (κ3) is 21.0. The van der Waals surface area contributed by atoms with Crippen molar-refractivity contribution >= 4 is 0 Å². The van der Waals surface area contributed by atoms with Crippen LogP contribution in [0.3, 0.4) is 0 Å². The van der Waals surface area contributed by atoms with Crippen molar-refractivity contribution in [2.75, 3.05) is 33.0 Å². The fourth-order valence-corrected chi connectivity index (χ4v) is 3.96. The van der Waals surface area contributed by atoms with Gasteiger partial charge in [0.15, 0.2) is 0 Å². The molecule has 0 N–H and O–H groups in total. The van der Waals surface area contributed by atoms with Crippen LogP contribution in [0.25, 0.3) is 0 Å². The van der Waals surface area contributed by atoms with Gasteiger partial charge in [0.1, 0.15) is 0 Å². The van der Waals surface area contributed by atoms with Crippen LogP contribution in [0, 0.1) is 0 Å². The first-order valence-corrected chi connectivity index (χ1v) is 13.7. The van der Waals surface area contributed by atoms with E-state index in [2.05, 4.69) is 19.1 Å². The number of benzene rings is 1. The minimum absolute atomic E-state index is 0.633. The molecule has 1 aromatic rings. The van der Waals surface area contributed by atoms with Gasteiger partial charge in [-0.1, -0.05) is 134 Å². The highest BCUT2D eigenvalue weighted by atomic mass is 16.5. The molecule has 0 spiro atoms. The van der Waals surface area contributed by atoms with E-state index in [1.807, 2.05) is 18.2 Å². The second kappa shape index (κ2) is 24.7. The van der Waals surface area contributed by atoms with Gasteiger partial charge in [-0.3, -0.25) is 0 Å². The van der Waals surface area contributed by atoms with Crippen LogP contribution >= 0.6 is 0 Å². The summed E-state index contributed by atoms with van der Waals surface area (Å²) in [5, 5.41) is 0. The zero-order chi connectivity index (χ0) is 22.8. The quantitative estimate of drug-likeness (QED) is 0.140. The highest BCUT2D eigenvalue weighted by Gasteiger charge is 1.96. The molecule has 0 radical (unpaired) electrons. The molecule has 0 bridgehead atoms. The summed E-state index contributed by atoms with van der Waals surface area (Å²) in [6, 6.07) is 10.2. The van der Waals surface area contributed by atoms with Crippen molar-refractivity contribution < 1.29 is 14.2 Å². The molecule has 3 nitrogen and oxygen atoms in total. The van der Waals surface area contributed by atoms with Crippen LogP contribution in [-0.4, -0.2) is 33.0 Å². The maximum Gasteiger partial charge on any atom is 0.0718 e. The third-order valence-electron chi connectivity index (χ3n) is 6.00. The number of rotatable bonds is 25. The largest absolute Gasteiger partial charge is 0.379 e. The summed E-state index contributed by atoms with van der Waals surface area (Å²) in [5.74, 6) is 0. The molecule has 0 saturated carbocycles. The van der Waals surface area contributed by atoms with Crippen molar-refractivity contribution in [3.63, 3.8) is 0 Å². The standard InChI is InChI=1S/C29H52O3/c1-2-3-4-5-6-7-8-9-10-11-12-13-14-15-16-20-23-30-24-25-31-26-27-32-28-29-21-18-17-19-22-29/h17-19,21-22H,2-16,20,23-28H2,1H3. The molecule has 0 fully saturated rings. The molecule has 0 aliphatic rings. The molecule has 0 saturated heterocycles. The van der Waals surface area contributed by atoms with E-state index in [0.29, 0.717) is 33.0 Å². The van der Waals surface area contributed by atoms with Crippen molar-refractivity contribution in [1.29, 1.82) is 0 Å². The molecule has 0 aromatic heterocycles. The lowest BCUT2D eigenvalue weighted by atomic mass is 10.0. The van der Waals surface area contributed by atoms with E-state index < -0.39 is 0 Å². The maximum absolute atomic E-state index is 5.66. The lowest BCUT2D eigenvalue weighted by Gasteiger charge is -2.07. The van der Waals surface area contributed by atoms with E-state index in [1.165, 1.54) is 108 Å². The Kier molecular flexibility index (Phi) is 22.5. The zero-order valence-corrected chi connectivity index (χ0v) is 21.2. The van der Waals surface area contributed by atoms with Crippen LogP contribution in [0.5, 0.6) is 0 Å². The fraction of sp³-hybridized carbons (Fsp3) is 0.793. The molecule has 0 atom stereocenters. The van der Waals surface area contributed by atoms with Gasteiger partial charge in [-0.15, -0.1) is 0 Å². The van der Waals surface area contributed by atoms with Gasteiger partial charge in [-0.2, -0.15) is 0 Å². The van der Waals surface area contributed by atoms with E-state index in [0.717, 1.165) is 6.61 Å². The second-order valence-electron chi connectivity index (χ2n) is 9.07. The van der Waals surface area contributed by atoms with E-state index in [9.17, 15) is 0 Å². The Hall–Kier alpha value is -0.900. The Bertz CT molecular complexity index is 463. The SMILES string of the molecule is CCCCCCCCCCCCCCCCCCOCCOCCOCc1ccccc1. The first-order valence-electron chi connectivity index (χ1n) is 13.7. The number of unbranched alkanes of at least 4 members (excludes halogenated alkanes) is 15. The van der Waals surface area contributed by atoms with Crippen LogP contribution in [0.4, 0.5) is 0 Å². The van der Waals surface area contributed by atoms with Crippen molar-refractivity contribution in [3.8, 4) is 0 Å². The van der Waals surface area contributed by atoms with Gasteiger partial charge in [-0.25, -0.2) is 0 Å². The maximum atomic E-state index is 5.66. The van der Waals surface area contributed by atoms with Gasteiger partial charge in [0.25, 0.3) is 0 Å². The van der Waals surface area contributed by atoms with E-state index in [-0.39, 0.29) is 0 Å². The van der Waals surface area contributed by atoms with E-state index >= 15 is 0 Å². The Morgan fingerprint density at radius 1 is 0.438 bits per heavy atom.